The van der Waals surface area contributed by atoms with E-state index in [0.29, 0.717) is 18.9 Å². The van der Waals surface area contributed by atoms with Crippen molar-refractivity contribution in [2.24, 2.45) is 0 Å². The van der Waals surface area contributed by atoms with Gasteiger partial charge in [-0.25, -0.2) is 13.1 Å². The molecule has 0 saturated carbocycles. The smallest absolute Gasteiger partial charge is 0.256 e. The van der Waals surface area contributed by atoms with E-state index < -0.39 is 15.9 Å². The van der Waals surface area contributed by atoms with E-state index in [1.807, 2.05) is 27.7 Å². The highest BCUT2D eigenvalue weighted by Gasteiger charge is 2.30. The fraction of sp³-hybridized carbons (Fsp3) is 0.476. The Morgan fingerprint density at radius 1 is 1.06 bits per heavy atom. The number of carbonyl (C=O) groups is 2. The maximum atomic E-state index is 13.1. The first-order valence-electron chi connectivity index (χ1n) is 10.1. The molecule has 2 aromatic rings. The van der Waals surface area contributed by atoms with Crippen LogP contribution >= 0.6 is 0 Å². The van der Waals surface area contributed by atoms with Crippen LogP contribution in [-0.4, -0.2) is 65.4 Å². The van der Waals surface area contributed by atoms with Gasteiger partial charge in [-0.15, -0.1) is 0 Å². The number of anilines is 1. The second kappa shape index (κ2) is 8.43. The van der Waals surface area contributed by atoms with E-state index in [1.54, 1.807) is 27.8 Å². The topological polar surface area (TPSA) is 105 Å². The van der Waals surface area contributed by atoms with Crippen molar-refractivity contribution < 1.29 is 18.0 Å². The van der Waals surface area contributed by atoms with Crippen molar-refractivity contribution in [3.05, 3.63) is 41.6 Å². The van der Waals surface area contributed by atoms with E-state index in [1.165, 1.54) is 23.4 Å². The van der Waals surface area contributed by atoms with Crippen LogP contribution in [0.3, 0.4) is 0 Å². The summed E-state index contributed by atoms with van der Waals surface area (Å²) in [5.41, 5.74) is 0.679. The minimum Gasteiger partial charge on any atom is -0.340 e. The number of piperazine rings is 1. The van der Waals surface area contributed by atoms with Gasteiger partial charge in [0.2, 0.25) is 15.9 Å². The zero-order valence-electron chi connectivity index (χ0n) is 18.5. The molecule has 1 N–H and O–H groups in total. The number of carbonyl (C=O) groups excluding carboxylic acids is 2. The predicted molar refractivity (Wildman–Crippen MR) is 117 cm³/mol. The van der Waals surface area contributed by atoms with E-state index in [0.717, 1.165) is 5.69 Å². The Labute approximate surface area is 183 Å². The molecule has 0 aliphatic carbocycles. The first-order valence-corrected chi connectivity index (χ1v) is 11.6. The lowest BCUT2D eigenvalue weighted by Crippen LogP contribution is -2.49. The van der Waals surface area contributed by atoms with Gasteiger partial charge < -0.3 is 10.2 Å². The molecular weight excluding hydrogens is 418 g/mol. The van der Waals surface area contributed by atoms with Crippen LogP contribution in [-0.2, 0) is 20.4 Å². The summed E-state index contributed by atoms with van der Waals surface area (Å²) in [7, 11) is -3.77. The Balaban J connectivity index is 1.80. The van der Waals surface area contributed by atoms with Gasteiger partial charge in [0.15, 0.2) is 0 Å². The van der Waals surface area contributed by atoms with E-state index in [4.69, 9.17) is 0 Å². The summed E-state index contributed by atoms with van der Waals surface area (Å²) in [6, 6.07) is 7.77. The zero-order chi connectivity index (χ0) is 23.0. The summed E-state index contributed by atoms with van der Waals surface area (Å²) < 4.78 is 29.2. The fourth-order valence-corrected chi connectivity index (χ4v) is 4.95. The first kappa shape index (κ1) is 23.0. The average molecular weight is 448 g/mol. The minimum atomic E-state index is -3.77. The Hall–Kier alpha value is -2.72. The van der Waals surface area contributed by atoms with Crippen LogP contribution in [0.1, 0.15) is 43.7 Å². The summed E-state index contributed by atoms with van der Waals surface area (Å²) in [5.74, 6) is 0.0629. The number of benzene rings is 1. The summed E-state index contributed by atoms with van der Waals surface area (Å²) >= 11 is 0. The van der Waals surface area contributed by atoms with Gasteiger partial charge in [0.25, 0.3) is 5.91 Å². The highest BCUT2D eigenvalue weighted by Crippen LogP contribution is 2.23. The van der Waals surface area contributed by atoms with E-state index in [9.17, 15) is 18.0 Å². The number of amides is 2. The molecule has 168 valence electrons. The average Bonchev–Trinajstić information content (AvgIpc) is 3.08. The summed E-state index contributed by atoms with van der Waals surface area (Å²) in [5, 5.41) is 7.28. The van der Waals surface area contributed by atoms with Gasteiger partial charge in [-0.1, -0.05) is 6.07 Å². The third kappa shape index (κ3) is 4.96. The molecule has 10 heteroatoms. The molecule has 3 rings (SSSR count). The van der Waals surface area contributed by atoms with Crippen LogP contribution in [0.4, 0.5) is 5.82 Å². The fourth-order valence-electron chi connectivity index (χ4n) is 3.48. The molecule has 0 bridgehead atoms. The molecule has 0 unspecified atom stereocenters. The lowest BCUT2D eigenvalue weighted by molar-refractivity contribution is -0.129. The normalized spacial score (nSPS) is 15.7. The third-order valence-corrected chi connectivity index (χ3v) is 7.02. The van der Waals surface area contributed by atoms with Crippen molar-refractivity contribution in [1.29, 1.82) is 0 Å². The number of sulfonamides is 1. The SMILES string of the molecule is CC(=O)N1CCN(S(=O)(=O)c2cccc(C(=O)Nc3cc(C)nn3C(C)(C)C)c2)CC1. The molecule has 1 aliphatic heterocycles. The molecular formula is C21H29N5O4S. The Morgan fingerprint density at radius 2 is 1.71 bits per heavy atom. The molecule has 1 aromatic carbocycles. The quantitative estimate of drug-likeness (QED) is 0.772. The van der Waals surface area contributed by atoms with Crippen LogP contribution in [0.25, 0.3) is 0 Å². The van der Waals surface area contributed by atoms with Crippen molar-refractivity contribution in [3.63, 3.8) is 0 Å². The predicted octanol–water partition coefficient (Wildman–Crippen LogP) is 2.05. The lowest BCUT2D eigenvalue weighted by atomic mass is 10.1. The van der Waals surface area contributed by atoms with Gasteiger partial charge in [-0.3, -0.25) is 9.59 Å². The van der Waals surface area contributed by atoms with Crippen molar-refractivity contribution >= 4 is 27.7 Å². The van der Waals surface area contributed by atoms with Gasteiger partial charge in [-0.2, -0.15) is 9.40 Å². The Kier molecular flexibility index (Phi) is 6.24. The molecule has 1 aromatic heterocycles. The molecule has 2 amide bonds. The molecule has 1 saturated heterocycles. The van der Waals surface area contributed by atoms with E-state index in [-0.39, 0.29) is 35.0 Å². The number of rotatable bonds is 4. The second-order valence-electron chi connectivity index (χ2n) is 8.65. The number of nitrogens with zero attached hydrogens (tertiary/aromatic N) is 4. The maximum Gasteiger partial charge on any atom is 0.256 e. The van der Waals surface area contributed by atoms with Crippen LogP contribution in [0.2, 0.25) is 0 Å². The van der Waals surface area contributed by atoms with Crippen molar-refractivity contribution in [2.45, 2.75) is 45.1 Å². The third-order valence-electron chi connectivity index (χ3n) is 5.13. The molecule has 0 atom stereocenters. The Morgan fingerprint density at radius 3 is 2.29 bits per heavy atom. The Bertz CT molecular complexity index is 1090. The van der Waals surface area contributed by atoms with Crippen molar-refractivity contribution in [2.75, 3.05) is 31.5 Å². The van der Waals surface area contributed by atoms with Crippen LogP contribution in [0.15, 0.2) is 35.2 Å². The van der Waals surface area contributed by atoms with Gasteiger partial charge in [0.05, 0.1) is 16.1 Å². The maximum absolute atomic E-state index is 13.1. The van der Waals surface area contributed by atoms with Gasteiger partial charge in [-0.05, 0) is 45.9 Å². The summed E-state index contributed by atoms with van der Waals surface area (Å²) in [6.45, 7) is 10.4. The zero-order valence-corrected chi connectivity index (χ0v) is 19.4. The first-order chi connectivity index (χ1) is 14.4. The number of hydrogen-bond acceptors (Lipinski definition) is 5. The molecule has 0 spiro atoms. The van der Waals surface area contributed by atoms with Gasteiger partial charge in [0.1, 0.15) is 5.82 Å². The summed E-state index contributed by atoms with van der Waals surface area (Å²) in [4.78, 5) is 26.0. The second-order valence-corrected chi connectivity index (χ2v) is 10.6. The van der Waals surface area contributed by atoms with Gasteiger partial charge >= 0.3 is 0 Å². The number of aromatic nitrogens is 2. The van der Waals surface area contributed by atoms with Crippen molar-refractivity contribution in [1.82, 2.24) is 19.0 Å². The molecule has 1 aliphatic rings. The molecule has 0 radical (unpaired) electrons. The number of aryl methyl sites for hydroxylation is 1. The van der Waals surface area contributed by atoms with Crippen LogP contribution < -0.4 is 5.32 Å². The van der Waals surface area contributed by atoms with Crippen LogP contribution in [0.5, 0.6) is 0 Å². The minimum absolute atomic E-state index is 0.0527. The van der Waals surface area contributed by atoms with E-state index in [2.05, 4.69) is 10.4 Å². The lowest BCUT2D eigenvalue weighted by Gasteiger charge is -2.33. The standard InChI is InChI=1S/C21H29N5O4S/c1-15-13-19(26(23-15)21(3,4)5)22-20(28)17-7-6-8-18(14-17)31(29,30)25-11-9-24(10-12-25)16(2)27/h6-8,13-14H,9-12H2,1-5H3,(H,22,28). The van der Waals surface area contributed by atoms with Crippen LogP contribution in [0, 0.1) is 6.92 Å². The van der Waals surface area contributed by atoms with Crippen molar-refractivity contribution in [3.8, 4) is 0 Å². The highest BCUT2D eigenvalue weighted by molar-refractivity contribution is 7.89. The number of hydrogen-bond donors (Lipinski definition) is 1. The molecule has 31 heavy (non-hydrogen) atoms. The molecule has 1 fully saturated rings. The van der Waals surface area contributed by atoms with E-state index >= 15 is 0 Å². The monoisotopic (exact) mass is 447 g/mol. The highest BCUT2D eigenvalue weighted by atomic mass is 32.2. The number of nitrogens with one attached hydrogen (secondary N) is 1. The van der Waals surface area contributed by atoms with Gasteiger partial charge in [0, 0.05) is 44.7 Å². The summed E-state index contributed by atoms with van der Waals surface area (Å²) in [6.07, 6.45) is 0. The molecule has 2 heterocycles. The largest absolute Gasteiger partial charge is 0.340 e. The molecule has 9 nitrogen and oxygen atoms in total.